The Morgan fingerprint density at radius 2 is 1.95 bits per heavy atom. The van der Waals surface area contributed by atoms with Crippen molar-refractivity contribution in [3.8, 4) is 5.75 Å². The van der Waals surface area contributed by atoms with Crippen LogP contribution in [0.3, 0.4) is 0 Å². The molecule has 0 aliphatic heterocycles. The summed E-state index contributed by atoms with van der Waals surface area (Å²) in [6.07, 6.45) is 0. The molecule has 0 fully saturated rings. The number of benzene rings is 2. The fourth-order valence-corrected chi connectivity index (χ4v) is 2.66. The third-order valence-electron chi connectivity index (χ3n) is 3.02. The van der Waals surface area contributed by atoms with E-state index in [1.54, 1.807) is 6.07 Å². The van der Waals surface area contributed by atoms with Gasteiger partial charge in [0.2, 0.25) is 0 Å². The lowest BCUT2D eigenvalue weighted by atomic mass is 10.1. The third kappa shape index (κ3) is 3.23. The Kier molecular flexibility index (Phi) is 4.38. The lowest BCUT2D eigenvalue weighted by Crippen LogP contribution is -2.07. The molecule has 19 heavy (non-hydrogen) atoms. The van der Waals surface area contributed by atoms with E-state index in [0.717, 1.165) is 26.3 Å². The molecule has 0 radical (unpaired) electrons. The van der Waals surface area contributed by atoms with E-state index >= 15 is 0 Å². The minimum Gasteiger partial charge on any atom is -0.508 e. The maximum absolute atomic E-state index is 9.85. The fraction of sp³-hybridized carbons (Fsp3) is 0.200. The Hall–Kier alpha value is -1.19. The Bertz CT molecular complexity index is 601. The van der Waals surface area contributed by atoms with Gasteiger partial charge >= 0.3 is 0 Å². The quantitative estimate of drug-likeness (QED) is 0.795. The first-order chi connectivity index (χ1) is 8.99. The molecular formula is C15H15BrClNO. The molecule has 2 rings (SSSR count). The summed E-state index contributed by atoms with van der Waals surface area (Å²) in [4.78, 5) is 0. The molecule has 0 spiro atoms. The van der Waals surface area contributed by atoms with Crippen molar-refractivity contribution in [2.45, 2.75) is 19.9 Å². The maximum atomic E-state index is 9.85. The molecule has 0 aliphatic carbocycles. The minimum absolute atomic E-state index is 0.0173. The molecule has 0 amide bonds. The highest BCUT2D eigenvalue weighted by Crippen LogP contribution is 2.33. The molecular weight excluding hydrogens is 326 g/mol. The van der Waals surface area contributed by atoms with E-state index in [0.29, 0.717) is 0 Å². The zero-order chi connectivity index (χ0) is 14.0. The second-order valence-corrected chi connectivity index (χ2v) is 5.77. The predicted octanol–water partition coefficient (Wildman–Crippen LogP) is 5.29. The topological polar surface area (TPSA) is 32.3 Å². The summed E-state index contributed by atoms with van der Waals surface area (Å²) >= 11 is 9.65. The van der Waals surface area contributed by atoms with Gasteiger partial charge in [0.05, 0.1) is 11.7 Å². The van der Waals surface area contributed by atoms with Crippen molar-refractivity contribution in [1.29, 1.82) is 0 Å². The van der Waals surface area contributed by atoms with Crippen molar-refractivity contribution in [2.24, 2.45) is 0 Å². The van der Waals surface area contributed by atoms with Gasteiger partial charge in [0.15, 0.2) is 0 Å². The summed E-state index contributed by atoms with van der Waals surface area (Å²) in [6.45, 7) is 3.96. The lowest BCUT2D eigenvalue weighted by Gasteiger charge is -2.18. The first-order valence-corrected chi connectivity index (χ1v) is 7.16. The van der Waals surface area contributed by atoms with E-state index in [1.807, 2.05) is 44.2 Å². The standard InChI is InChI=1S/C15H15BrClNO/c1-9-7-12(16)14(8-13(9)17)18-10(2)11-5-3-4-6-15(11)19/h3-8,10,18-19H,1-2H3. The van der Waals surface area contributed by atoms with Crippen molar-refractivity contribution < 1.29 is 5.11 Å². The van der Waals surface area contributed by atoms with Crippen LogP contribution in [0.5, 0.6) is 5.75 Å². The van der Waals surface area contributed by atoms with Gasteiger partial charge in [-0.1, -0.05) is 29.8 Å². The number of hydrogen-bond acceptors (Lipinski definition) is 2. The third-order valence-corrected chi connectivity index (χ3v) is 4.09. The van der Waals surface area contributed by atoms with Crippen molar-refractivity contribution in [3.63, 3.8) is 0 Å². The van der Waals surface area contributed by atoms with E-state index in [1.165, 1.54) is 0 Å². The molecule has 0 saturated heterocycles. The average Bonchev–Trinajstić information content (AvgIpc) is 2.36. The number of para-hydroxylation sites is 1. The number of aromatic hydroxyl groups is 1. The molecule has 100 valence electrons. The van der Waals surface area contributed by atoms with Gasteiger partial charge in [-0.15, -0.1) is 0 Å². The lowest BCUT2D eigenvalue weighted by molar-refractivity contribution is 0.465. The van der Waals surface area contributed by atoms with Crippen LogP contribution in [-0.2, 0) is 0 Å². The van der Waals surface area contributed by atoms with Crippen LogP contribution in [0.1, 0.15) is 24.1 Å². The van der Waals surface area contributed by atoms with Gasteiger partial charge in [-0.05, 0) is 53.5 Å². The number of anilines is 1. The summed E-state index contributed by atoms with van der Waals surface area (Å²) in [7, 11) is 0. The van der Waals surface area contributed by atoms with Crippen molar-refractivity contribution in [1.82, 2.24) is 0 Å². The Labute approximate surface area is 126 Å². The molecule has 1 atom stereocenters. The normalized spacial score (nSPS) is 12.2. The number of rotatable bonds is 3. The van der Waals surface area contributed by atoms with Crippen LogP contribution in [0, 0.1) is 6.92 Å². The first-order valence-electron chi connectivity index (χ1n) is 5.99. The van der Waals surface area contributed by atoms with Gasteiger partial charge < -0.3 is 10.4 Å². The molecule has 1 unspecified atom stereocenters. The van der Waals surface area contributed by atoms with Crippen LogP contribution in [0.25, 0.3) is 0 Å². The molecule has 0 aliphatic rings. The van der Waals surface area contributed by atoms with E-state index in [2.05, 4.69) is 21.2 Å². The van der Waals surface area contributed by atoms with Crippen LogP contribution in [0.15, 0.2) is 40.9 Å². The first kappa shape index (κ1) is 14.2. The largest absolute Gasteiger partial charge is 0.508 e. The van der Waals surface area contributed by atoms with Gasteiger partial charge in [0.25, 0.3) is 0 Å². The highest BCUT2D eigenvalue weighted by Gasteiger charge is 2.12. The van der Waals surface area contributed by atoms with Crippen molar-refractivity contribution in [2.75, 3.05) is 5.32 Å². The van der Waals surface area contributed by atoms with Crippen molar-refractivity contribution in [3.05, 3.63) is 57.0 Å². The average molecular weight is 341 g/mol. The molecule has 2 nitrogen and oxygen atoms in total. The number of hydrogen-bond donors (Lipinski definition) is 2. The number of phenolic OH excluding ortho intramolecular Hbond substituents is 1. The van der Waals surface area contributed by atoms with Crippen LogP contribution in [0.2, 0.25) is 5.02 Å². The Morgan fingerprint density at radius 3 is 2.63 bits per heavy atom. The maximum Gasteiger partial charge on any atom is 0.120 e. The molecule has 2 aromatic rings. The molecule has 2 N–H and O–H groups in total. The highest BCUT2D eigenvalue weighted by molar-refractivity contribution is 9.10. The SMILES string of the molecule is Cc1cc(Br)c(NC(C)c2ccccc2O)cc1Cl. The molecule has 0 aromatic heterocycles. The number of phenols is 1. The Balaban J connectivity index is 2.27. The van der Waals surface area contributed by atoms with Crippen LogP contribution >= 0.6 is 27.5 Å². The van der Waals surface area contributed by atoms with Crippen LogP contribution in [0.4, 0.5) is 5.69 Å². The number of aryl methyl sites for hydroxylation is 1. The van der Waals surface area contributed by atoms with E-state index in [-0.39, 0.29) is 11.8 Å². The summed E-state index contributed by atoms with van der Waals surface area (Å²) in [6, 6.07) is 11.1. The molecule has 4 heteroatoms. The Morgan fingerprint density at radius 1 is 1.26 bits per heavy atom. The van der Waals surface area contributed by atoms with Crippen molar-refractivity contribution >= 4 is 33.2 Å². The summed E-state index contributed by atoms with van der Waals surface area (Å²) in [5.74, 6) is 0.289. The van der Waals surface area contributed by atoms with Gasteiger partial charge in [0.1, 0.15) is 5.75 Å². The summed E-state index contributed by atoms with van der Waals surface area (Å²) in [5.41, 5.74) is 2.78. The summed E-state index contributed by atoms with van der Waals surface area (Å²) < 4.78 is 0.955. The fourth-order valence-electron chi connectivity index (χ4n) is 1.92. The second-order valence-electron chi connectivity index (χ2n) is 4.51. The molecule has 0 heterocycles. The highest BCUT2D eigenvalue weighted by atomic mass is 79.9. The molecule has 2 aromatic carbocycles. The van der Waals surface area contributed by atoms with Crippen LogP contribution < -0.4 is 5.32 Å². The van der Waals surface area contributed by atoms with Gasteiger partial charge in [-0.3, -0.25) is 0 Å². The monoisotopic (exact) mass is 339 g/mol. The predicted molar refractivity (Wildman–Crippen MR) is 84.0 cm³/mol. The summed E-state index contributed by atoms with van der Waals surface area (Å²) in [5, 5.41) is 13.9. The van der Waals surface area contributed by atoms with Gasteiger partial charge in [0, 0.05) is 15.1 Å². The zero-order valence-corrected chi connectivity index (χ0v) is 13.1. The van der Waals surface area contributed by atoms with E-state index < -0.39 is 0 Å². The van der Waals surface area contributed by atoms with E-state index in [4.69, 9.17) is 11.6 Å². The van der Waals surface area contributed by atoms with E-state index in [9.17, 15) is 5.11 Å². The molecule has 0 saturated carbocycles. The number of nitrogens with one attached hydrogen (secondary N) is 1. The second kappa shape index (κ2) is 5.85. The van der Waals surface area contributed by atoms with Gasteiger partial charge in [-0.25, -0.2) is 0 Å². The van der Waals surface area contributed by atoms with Crippen LogP contribution in [-0.4, -0.2) is 5.11 Å². The smallest absolute Gasteiger partial charge is 0.120 e. The number of halogens is 2. The van der Waals surface area contributed by atoms with Gasteiger partial charge in [-0.2, -0.15) is 0 Å². The zero-order valence-electron chi connectivity index (χ0n) is 10.7. The minimum atomic E-state index is -0.0173. The molecule has 0 bridgehead atoms.